The zero-order chi connectivity index (χ0) is 10.7. The largest absolute Gasteiger partial charge is 0.378 e. The lowest BCUT2D eigenvalue weighted by Crippen LogP contribution is -2.55. The molecule has 2 rings (SSSR count). The molecule has 2 heterocycles. The Morgan fingerprint density at radius 3 is 3.00 bits per heavy atom. The van der Waals surface area contributed by atoms with E-state index in [0.717, 1.165) is 32.5 Å². The van der Waals surface area contributed by atoms with Gasteiger partial charge in [-0.05, 0) is 26.2 Å². The van der Waals surface area contributed by atoms with Crippen molar-refractivity contribution in [2.45, 2.75) is 38.3 Å². The third-order valence-electron chi connectivity index (χ3n) is 3.31. The number of amides is 1. The monoisotopic (exact) mass is 212 g/mol. The molecule has 2 aliphatic rings. The molecule has 0 aromatic heterocycles. The minimum atomic E-state index is -0.112. The zero-order valence-electron chi connectivity index (χ0n) is 9.37. The van der Waals surface area contributed by atoms with Crippen LogP contribution in [0, 0.1) is 0 Å². The number of nitrogens with zero attached hydrogens (tertiary/aromatic N) is 1. The molecule has 15 heavy (non-hydrogen) atoms. The maximum absolute atomic E-state index is 12.1. The summed E-state index contributed by atoms with van der Waals surface area (Å²) < 4.78 is 5.32. The van der Waals surface area contributed by atoms with Crippen LogP contribution in [0.1, 0.15) is 26.2 Å². The highest BCUT2D eigenvalue weighted by molar-refractivity contribution is 5.82. The van der Waals surface area contributed by atoms with Gasteiger partial charge in [0.05, 0.1) is 13.2 Å². The Bertz CT molecular complexity index is 227. The van der Waals surface area contributed by atoms with E-state index in [1.54, 1.807) is 0 Å². The molecule has 0 aromatic carbocycles. The Labute approximate surface area is 91.0 Å². The molecule has 2 saturated heterocycles. The average Bonchev–Trinajstić information content (AvgIpc) is 2.30. The number of hydrogen-bond acceptors (Lipinski definition) is 3. The molecule has 2 atom stereocenters. The second-order valence-corrected chi connectivity index (χ2v) is 4.46. The van der Waals surface area contributed by atoms with Gasteiger partial charge in [0.15, 0.2) is 0 Å². The van der Waals surface area contributed by atoms with Gasteiger partial charge in [-0.1, -0.05) is 0 Å². The van der Waals surface area contributed by atoms with Crippen LogP contribution in [0.4, 0.5) is 0 Å². The summed E-state index contributed by atoms with van der Waals surface area (Å²) in [6.45, 7) is 5.10. The third-order valence-corrected chi connectivity index (χ3v) is 3.31. The highest BCUT2D eigenvalue weighted by Gasteiger charge is 2.30. The number of piperidine rings is 1. The second-order valence-electron chi connectivity index (χ2n) is 4.46. The van der Waals surface area contributed by atoms with Crippen LogP contribution >= 0.6 is 0 Å². The number of likely N-dealkylation sites (tertiary alicyclic amines) is 1. The maximum atomic E-state index is 12.1. The third kappa shape index (κ3) is 2.49. The summed E-state index contributed by atoms with van der Waals surface area (Å²) in [7, 11) is 0. The van der Waals surface area contributed by atoms with Crippen LogP contribution < -0.4 is 5.32 Å². The highest BCUT2D eigenvalue weighted by atomic mass is 16.5. The fourth-order valence-electron chi connectivity index (χ4n) is 2.35. The van der Waals surface area contributed by atoms with Crippen LogP contribution in [-0.2, 0) is 9.53 Å². The second kappa shape index (κ2) is 4.94. The summed E-state index contributed by atoms with van der Waals surface area (Å²) in [5.41, 5.74) is 0. The summed E-state index contributed by atoms with van der Waals surface area (Å²) in [6, 6.07) is 0.286. The van der Waals surface area contributed by atoms with Crippen LogP contribution in [-0.4, -0.2) is 49.2 Å². The predicted molar refractivity (Wildman–Crippen MR) is 57.6 cm³/mol. The quantitative estimate of drug-likeness (QED) is 0.683. The Hall–Kier alpha value is -0.610. The van der Waals surface area contributed by atoms with Crippen LogP contribution in [0.25, 0.3) is 0 Å². The van der Waals surface area contributed by atoms with Crippen molar-refractivity contribution in [3.05, 3.63) is 0 Å². The molecule has 1 N–H and O–H groups in total. The average molecular weight is 212 g/mol. The number of rotatable bonds is 1. The normalized spacial score (nSPS) is 32.7. The number of ether oxygens (including phenoxy) is 1. The van der Waals surface area contributed by atoms with E-state index in [0.29, 0.717) is 12.6 Å². The van der Waals surface area contributed by atoms with E-state index in [1.165, 1.54) is 6.42 Å². The van der Waals surface area contributed by atoms with Crippen molar-refractivity contribution in [2.75, 3.05) is 26.3 Å². The topological polar surface area (TPSA) is 41.6 Å². The van der Waals surface area contributed by atoms with Gasteiger partial charge in [-0.25, -0.2) is 0 Å². The molecule has 2 fully saturated rings. The molecule has 0 bridgehead atoms. The van der Waals surface area contributed by atoms with E-state index in [9.17, 15) is 4.79 Å². The maximum Gasteiger partial charge on any atom is 0.242 e. The van der Waals surface area contributed by atoms with Crippen molar-refractivity contribution in [1.82, 2.24) is 10.2 Å². The van der Waals surface area contributed by atoms with Gasteiger partial charge in [-0.2, -0.15) is 0 Å². The SMILES string of the molecule is C[C@H]1CCCCN1C(=O)[C@H]1COCCN1. The van der Waals surface area contributed by atoms with E-state index < -0.39 is 0 Å². The first-order valence-electron chi connectivity index (χ1n) is 5.90. The van der Waals surface area contributed by atoms with Gasteiger partial charge in [0.1, 0.15) is 6.04 Å². The van der Waals surface area contributed by atoms with Crippen molar-refractivity contribution in [3.8, 4) is 0 Å². The molecule has 1 amide bonds. The minimum Gasteiger partial charge on any atom is -0.378 e. The van der Waals surface area contributed by atoms with Gasteiger partial charge in [-0.15, -0.1) is 0 Å². The van der Waals surface area contributed by atoms with Crippen molar-refractivity contribution in [2.24, 2.45) is 0 Å². The van der Waals surface area contributed by atoms with Crippen molar-refractivity contribution >= 4 is 5.91 Å². The first-order chi connectivity index (χ1) is 7.29. The Kier molecular flexibility index (Phi) is 3.59. The summed E-state index contributed by atoms with van der Waals surface area (Å²) in [5, 5.41) is 3.22. The number of morpholine rings is 1. The van der Waals surface area contributed by atoms with Crippen LogP contribution in [0.2, 0.25) is 0 Å². The lowest BCUT2D eigenvalue weighted by Gasteiger charge is -2.37. The van der Waals surface area contributed by atoms with E-state index >= 15 is 0 Å². The Morgan fingerprint density at radius 1 is 1.47 bits per heavy atom. The van der Waals surface area contributed by atoms with Crippen LogP contribution in [0.15, 0.2) is 0 Å². The van der Waals surface area contributed by atoms with Gasteiger partial charge < -0.3 is 15.0 Å². The minimum absolute atomic E-state index is 0.112. The van der Waals surface area contributed by atoms with Gasteiger partial charge in [-0.3, -0.25) is 4.79 Å². The Morgan fingerprint density at radius 2 is 2.33 bits per heavy atom. The molecule has 0 saturated carbocycles. The number of nitrogens with one attached hydrogen (secondary N) is 1. The smallest absolute Gasteiger partial charge is 0.242 e. The zero-order valence-corrected chi connectivity index (χ0v) is 9.37. The lowest BCUT2D eigenvalue weighted by molar-refractivity contribution is -0.139. The summed E-state index contributed by atoms with van der Waals surface area (Å²) in [6.07, 6.45) is 3.53. The fraction of sp³-hybridized carbons (Fsp3) is 0.909. The van der Waals surface area contributed by atoms with E-state index in [-0.39, 0.29) is 11.9 Å². The van der Waals surface area contributed by atoms with Crippen LogP contribution in [0.5, 0.6) is 0 Å². The van der Waals surface area contributed by atoms with Gasteiger partial charge in [0, 0.05) is 19.1 Å². The van der Waals surface area contributed by atoms with Crippen molar-refractivity contribution < 1.29 is 9.53 Å². The van der Waals surface area contributed by atoms with Crippen molar-refractivity contribution in [1.29, 1.82) is 0 Å². The summed E-state index contributed by atoms with van der Waals surface area (Å²) >= 11 is 0. The standard InChI is InChI=1S/C11H20N2O2/c1-9-4-2-3-6-13(9)11(14)10-8-15-7-5-12-10/h9-10,12H,2-8H2,1H3/t9-,10+/m0/s1. The molecule has 0 aliphatic carbocycles. The van der Waals surface area contributed by atoms with Gasteiger partial charge >= 0.3 is 0 Å². The summed E-state index contributed by atoms with van der Waals surface area (Å²) in [4.78, 5) is 14.2. The van der Waals surface area contributed by atoms with Gasteiger partial charge in [0.25, 0.3) is 0 Å². The van der Waals surface area contributed by atoms with Crippen LogP contribution in [0.3, 0.4) is 0 Å². The van der Waals surface area contributed by atoms with E-state index in [1.807, 2.05) is 4.90 Å². The molecule has 4 heteroatoms. The molecular formula is C11H20N2O2. The fourth-order valence-corrected chi connectivity index (χ4v) is 2.35. The number of hydrogen-bond donors (Lipinski definition) is 1. The van der Waals surface area contributed by atoms with E-state index in [2.05, 4.69) is 12.2 Å². The Balaban J connectivity index is 1.92. The molecular weight excluding hydrogens is 192 g/mol. The molecule has 2 aliphatic heterocycles. The number of carbonyl (C=O) groups is 1. The predicted octanol–water partition coefficient (Wildman–Crippen LogP) is 0.376. The molecule has 86 valence electrons. The van der Waals surface area contributed by atoms with Gasteiger partial charge in [0.2, 0.25) is 5.91 Å². The molecule has 0 spiro atoms. The lowest BCUT2D eigenvalue weighted by atomic mass is 10.0. The molecule has 0 aromatic rings. The van der Waals surface area contributed by atoms with E-state index in [4.69, 9.17) is 4.74 Å². The van der Waals surface area contributed by atoms with Crippen molar-refractivity contribution in [3.63, 3.8) is 0 Å². The first kappa shape index (κ1) is 10.9. The number of carbonyl (C=O) groups excluding carboxylic acids is 1. The highest BCUT2D eigenvalue weighted by Crippen LogP contribution is 2.17. The first-order valence-corrected chi connectivity index (χ1v) is 5.90. The summed E-state index contributed by atoms with van der Waals surface area (Å²) in [5.74, 6) is 0.224. The molecule has 0 unspecified atom stereocenters. The molecule has 4 nitrogen and oxygen atoms in total. The molecule has 0 radical (unpaired) electrons.